The summed E-state index contributed by atoms with van der Waals surface area (Å²) in [6, 6.07) is 21.6. The highest BCUT2D eigenvalue weighted by Crippen LogP contribution is 2.46. The van der Waals surface area contributed by atoms with Crippen LogP contribution >= 0.6 is 23.2 Å². The molecule has 3 atom stereocenters. The Morgan fingerprint density at radius 1 is 0.947 bits per heavy atom. The van der Waals surface area contributed by atoms with Crippen LogP contribution in [-0.4, -0.2) is 55.8 Å². The Morgan fingerprint density at radius 2 is 1.75 bits per heavy atom. The number of nitriles is 1. The van der Waals surface area contributed by atoms with Crippen molar-refractivity contribution in [2.75, 3.05) is 32.8 Å². The number of halogens is 4. The summed E-state index contributed by atoms with van der Waals surface area (Å²) in [6.45, 7) is 11.4. The highest BCUT2D eigenvalue weighted by Gasteiger charge is 2.37. The van der Waals surface area contributed by atoms with Gasteiger partial charge in [-0.1, -0.05) is 53.5 Å². The average molecular weight is 814 g/mol. The Labute approximate surface area is 342 Å². The number of alkyl halides is 2. The summed E-state index contributed by atoms with van der Waals surface area (Å²) in [5, 5.41) is 13.7. The molecule has 1 saturated carbocycles. The highest BCUT2D eigenvalue weighted by molar-refractivity contribution is 6.35. The minimum atomic E-state index is -1.38. The molecule has 1 N–H and O–H groups in total. The van der Waals surface area contributed by atoms with Crippen LogP contribution in [0, 0.1) is 23.8 Å². The quantitative estimate of drug-likeness (QED) is 0.0945. The predicted octanol–water partition coefficient (Wildman–Crippen LogP) is 10.3. The SMILES string of the molecule is [C-]#[N+]c1cc(C#N)cc(COc2cc(O[C@@H]3c4cccc(-c5cccc(OCCCN6CCC(F)CC6)c5Cl)c4C[C@H]3F)c(Cl)cc2CNC[C@H]2CCC(=O)C2)c1. The molecule has 12 heteroatoms. The van der Waals surface area contributed by atoms with E-state index in [-0.39, 0.29) is 35.5 Å². The Hall–Kier alpha value is -4.71. The molecule has 4 aromatic rings. The van der Waals surface area contributed by atoms with E-state index in [4.69, 9.17) is 44.0 Å². The molecule has 8 nitrogen and oxygen atoms in total. The number of hydrogen-bond donors (Lipinski definition) is 1. The summed E-state index contributed by atoms with van der Waals surface area (Å²) in [6.07, 6.45) is 1.03. The van der Waals surface area contributed by atoms with Crippen LogP contribution in [0.25, 0.3) is 16.0 Å². The lowest BCUT2D eigenvalue weighted by molar-refractivity contribution is -0.117. The van der Waals surface area contributed by atoms with E-state index in [9.17, 15) is 14.4 Å². The van der Waals surface area contributed by atoms with E-state index < -0.39 is 18.4 Å². The molecule has 0 aromatic heterocycles. The van der Waals surface area contributed by atoms with E-state index in [0.717, 1.165) is 54.7 Å². The van der Waals surface area contributed by atoms with Crippen molar-refractivity contribution in [1.29, 1.82) is 5.26 Å². The molecule has 0 spiro atoms. The van der Waals surface area contributed by atoms with Gasteiger partial charge in [-0.05, 0) is 90.7 Å². The van der Waals surface area contributed by atoms with Gasteiger partial charge in [0.05, 0.1) is 29.3 Å². The van der Waals surface area contributed by atoms with Crippen LogP contribution in [0.1, 0.15) is 72.4 Å². The number of rotatable bonds is 15. The Balaban J connectivity index is 1.09. The van der Waals surface area contributed by atoms with Crippen molar-refractivity contribution < 1.29 is 27.8 Å². The summed E-state index contributed by atoms with van der Waals surface area (Å²) in [4.78, 5) is 17.6. The Kier molecular flexibility index (Phi) is 13.3. The van der Waals surface area contributed by atoms with Gasteiger partial charge in [0.2, 0.25) is 0 Å². The van der Waals surface area contributed by atoms with Gasteiger partial charge < -0.3 is 24.4 Å². The van der Waals surface area contributed by atoms with Crippen LogP contribution in [0.3, 0.4) is 0 Å². The van der Waals surface area contributed by atoms with Crippen LogP contribution in [-0.2, 0) is 24.4 Å². The third-order valence-corrected chi connectivity index (χ3v) is 11.7. The summed E-state index contributed by atoms with van der Waals surface area (Å²) < 4.78 is 48.5. The lowest BCUT2D eigenvalue weighted by Gasteiger charge is -2.28. The van der Waals surface area contributed by atoms with Gasteiger partial charge in [-0.25, -0.2) is 13.6 Å². The van der Waals surface area contributed by atoms with Gasteiger partial charge in [0.25, 0.3) is 0 Å². The molecule has 7 rings (SSSR count). The number of likely N-dealkylation sites (tertiary alicyclic amines) is 1. The van der Waals surface area contributed by atoms with Crippen LogP contribution in [0.4, 0.5) is 14.5 Å². The first-order valence-electron chi connectivity index (χ1n) is 19.5. The third-order valence-electron chi connectivity index (χ3n) is 11.0. The summed E-state index contributed by atoms with van der Waals surface area (Å²) in [7, 11) is 0. The second-order valence-electron chi connectivity index (χ2n) is 15.0. The average Bonchev–Trinajstić information content (AvgIpc) is 3.78. The number of hydrogen-bond acceptors (Lipinski definition) is 7. The first-order valence-corrected chi connectivity index (χ1v) is 20.2. The van der Waals surface area contributed by atoms with Gasteiger partial charge in [0.15, 0.2) is 11.8 Å². The van der Waals surface area contributed by atoms with Crippen molar-refractivity contribution in [3.63, 3.8) is 0 Å². The molecule has 2 fully saturated rings. The van der Waals surface area contributed by atoms with E-state index in [0.29, 0.717) is 84.3 Å². The number of nitrogens with zero attached hydrogens (tertiary/aromatic N) is 3. The molecule has 4 aromatic carbocycles. The smallest absolute Gasteiger partial charge is 0.188 e. The minimum Gasteiger partial charge on any atom is -0.492 e. The number of piperidine rings is 1. The number of benzene rings is 4. The maximum atomic E-state index is 16.1. The summed E-state index contributed by atoms with van der Waals surface area (Å²) in [5.41, 5.74) is 5.08. The minimum absolute atomic E-state index is 0.0629. The van der Waals surface area contributed by atoms with Gasteiger partial charge in [-0.2, -0.15) is 5.26 Å². The molecule has 0 bridgehead atoms. The van der Waals surface area contributed by atoms with Gasteiger partial charge in [0, 0.05) is 68.2 Å². The zero-order valence-corrected chi connectivity index (χ0v) is 33.1. The standard InChI is InChI=1S/C45H44Cl2F2N4O4/c1-51-33-18-29(24-50)17-30(19-33)27-56-42-23-43(39(46)21-31(42)26-52-25-28-9-10-34(54)20-28)57-45-37-7-2-5-35(38(37)22-40(45)49)36-6-3-8-41(44(36)47)55-16-4-13-53-14-11-32(48)12-15-53/h2-3,5-8,17-19,21,23,28,32,40,45,52H,4,9-16,20,22,25-27H2/t28-,40+,45+/m0/s1. The van der Waals surface area contributed by atoms with Crippen LogP contribution in [0.15, 0.2) is 66.7 Å². The number of fused-ring (bicyclic) bond motifs is 1. The van der Waals surface area contributed by atoms with Crippen molar-refractivity contribution >= 4 is 34.7 Å². The monoisotopic (exact) mass is 812 g/mol. The molecule has 1 heterocycles. The van der Waals surface area contributed by atoms with Gasteiger partial charge in [-0.3, -0.25) is 4.79 Å². The van der Waals surface area contributed by atoms with Crippen molar-refractivity contribution in [2.45, 2.75) is 76.5 Å². The largest absolute Gasteiger partial charge is 0.492 e. The molecule has 2 aliphatic carbocycles. The zero-order chi connectivity index (χ0) is 39.9. The van der Waals surface area contributed by atoms with Crippen LogP contribution in [0.2, 0.25) is 10.0 Å². The van der Waals surface area contributed by atoms with Crippen LogP contribution < -0.4 is 19.5 Å². The number of ether oxygens (including phenoxy) is 3. The Bertz CT molecular complexity index is 2150. The second kappa shape index (κ2) is 18.7. The fraction of sp³-hybridized carbons (Fsp3) is 0.400. The number of nitrogens with one attached hydrogen (secondary N) is 1. The van der Waals surface area contributed by atoms with E-state index in [2.05, 4.69) is 21.1 Å². The second-order valence-corrected chi connectivity index (χ2v) is 15.8. The van der Waals surface area contributed by atoms with Gasteiger partial charge in [-0.15, -0.1) is 0 Å². The molecule has 296 valence electrons. The van der Waals surface area contributed by atoms with E-state index in [1.165, 1.54) is 6.07 Å². The van der Waals surface area contributed by atoms with E-state index in [1.807, 2.05) is 36.4 Å². The summed E-state index contributed by atoms with van der Waals surface area (Å²) >= 11 is 13.8. The topological polar surface area (TPSA) is 88.2 Å². The highest BCUT2D eigenvalue weighted by atomic mass is 35.5. The molecule has 57 heavy (non-hydrogen) atoms. The summed E-state index contributed by atoms with van der Waals surface area (Å²) in [5.74, 6) is 1.79. The lowest BCUT2D eigenvalue weighted by atomic mass is 9.96. The normalized spacial score (nSPS) is 19.5. The number of carbonyl (C=O) groups is 1. The van der Waals surface area contributed by atoms with Gasteiger partial charge >= 0.3 is 0 Å². The number of ketones is 1. The van der Waals surface area contributed by atoms with Crippen molar-refractivity contribution in [1.82, 2.24) is 10.2 Å². The number of Topliss-reactive ketones (excluding diaryl/α,β-unsaturated/α-hetero) is 1. The molecule has 0 radical (unpaired) electrons. The lowest BCUT2D eigenvalue weighted by Crippen LogP contribution is -2.35. The molecular weight excluding hydrogens is 769 g/mol. The Morgan fingerprint density at radius 3 is 2.53 bits per heavy atom. The molecule has 3 aliphatic rings. The molecular formula is C45H44Cl2F2N4O4. The third kappa shape index (κ3) is 9.88. The fourth-order valence-corrected chi connectivity index (χ4v) is 8.52. The first kappa shape index (κ1) is 40.5. The zero-order valence-electron chi connectivity index (χ0n) is 31.5. The molecule has 0 unspecified atom stereocenters. The fourth-order valence-electron chi connectivity index (χ4n) is 8.01. The molecule has 1 aliphatic heterocycles. The maximum Gasteiger partial charge on any atom is 0.188 e. The van der Waals surface area contributed by atoms with Crippen LogP contribution in [0.5, 0.6) is 17.2 Å². The van der Waals surface area contributed by atoms with E-state index >= 15 is 4.39 Å². The first-order chi connectivity index (χ1) is 27.7. The van der Waals surface area contributed by atoms with Crippen molar-refractivity contribution in [2.24, 2.45) is 5.92 Å². The molecule has 0 amide bonds. The maximum absolute atomic E-state index is 16.1. The molecule has 1 saturated heterocycles. The van der Waals surface area contributed by atoms with Crippen molar-refractivity contribution in [3.8, 4) is 34.4 Å². The predicted molar refractivity (Wildman–Crippen MR) is 217 cm³/mol. The van der Waals surface area contributed by atoms with Crippen molar-refractivity contribution in [3.05, 3.63) is 116 Å². The van der Waals surface area contributed by atoms with Gasteiger partial charge in [0.1, 0.15) is 42.0 Å². The van der Waals surface area contributed by atoms with E-state index in [1.54, 1.807) is 24.3 Å². The number of carbonyl (C=O) groups excluding carboxylic acids is 1.